The average Bonchev–Trinajstić information content (AvgIpc) is 2.42. The largest absolute Gasteiger partial charge is 0.481 e. The van der Waals surface area contributed by atoms with Crippen LogP contribution in [0.2, 0.25) is 5.02 Å². The van der Waals surface area contributed by atoms with E-state index in [0.717, 1.165) is 11.1 Å². The maximum absolute atomic E-state index is 10.9. The van der Waals surface area contributed by atoms with Gasteiger partial charge in [0.05, 0.1) is 16.3 Å². The Bertz CT molecular complexity index is 717. The van der Waals surface area contributed by atoms with Gasteiger partial charge in [-0.25, -0.2) is 0 Å². The van der Waals surface area contributed by atoms with Gasteiger partial charge < -0.3 is 10.8 Å². The van der Waals surface area contributed by atoms with Gasteiger partial charge in [-0.15, -0.1) is 0 Å². The molecule has 0 fully saturated rings. The molecular formula is C16H14ClNNaO2S. The van der Waals surface area contributed by atoms with Crippen LogP contribution in [0.3, 0.4) is 0 Å². The van der Waals surface area contributed by atoms with Crippen LogP contribution in [0.4, 0.5) is 5.69 Å². The van der Waals surface area contributed by atoms with E-state index in [1.165, 1.54) is 0 Å². The summed E-state index contributed by atoms with van der Waals surface area (Å²) in [6.45, 7) is 1.99. The Morgan fingerprint density at radius 1 is 1.23 bits per heavy atom. The van der Waals surface area contributed by atoms with E-state index in [9.17, 15) is 4.79 Å². The van der Waals surface area contributed by atoms with E-state index in [0.29, 0.717) is 26.7 Å². The fraction of sp³-hybridized carbons (Fsp3) is 0.125. The maximum atomic E-state index is 10.9. The van der Waals surface area contributed by atoms with Gasteiger partial charge in [-0.1, -0.05) is 59.7 Å². The van der Waals surface area contributed by atoms with Crippen LogP contribution in [0.5, 0.6) is 0 Å². The molecule has 3 N–H and O–H groups in total. The summed E-state index contributed by atoms with van der Waals surface area (Å²) in [5.74, 6) is -0.948. The molecule has 2 aromatic rings. The molecule has 0 aliphatic rings. The number of rotatable bonds is 4. The molecule has 6 heteroatoms. The second-order valence-electron chi connectivity index (χ2n) is 4.76. The zero-order valence-corrected chi connectivity index (χ0v) is 16.0. The second kappa shape index (κ2) is 8.09. The molecule has 0 spiro atoms. The van der Waals surface area contributed by atoms with Gasteiger partial charge in [-0.05, 0) is 24.1 Å². The predicted molar refractivity (Wildman–Crippen MR) is 94.9 cm³/mol. The van der Waals surface area contributed by atoms with Gasteiger partial charge in [0.25, 0.3) is 0 Å². The Morgan fingerprint density at radius 3 is 2.36 bits per heavy atom. The van der Waals surface area contributed by atoms with Crippen molar-refractivity contribution in [2.45, 2.75) is 13.3 Å². The number of benzene rings is 2. The molecule has 0 amide bonds. The smallest absolute Gasteiger partial charge is 0.307 e. The number of anilines is 1. The van der Waals surface area contributed by atoms with E-state index in [-0.39, 0.29) is 36.0 Å². The summed E-state index contributed by atoms with van der Waals surface area (Å²) < 4.78 is 0. The zero-order valence-electron chi connectivity index (χ0n) is 12.4. The summed E-state index contributed by atoms with van der Waals surface area (Å²) in [6.07, 6.45) is -0.160. The molecule has 0 aliphatic heterocycles. The van der Waals surface area contributed by atoms with Crippen molar-refractivity contribution in [3.63, 3.8) is 0 Å². The summed E-state index contributed by atoms with van der Waals surface area (Å²) in [7, 11) is 0. The van der Waals surface area contributed by atoms with Gasteiger partial charge in [0.1, 0.15) is 0 Å². The fourth-order valence-corrected chi connectivity index (χ4v) is 2.70. The molecule has 2 aromatic carbocycles. The number of aryl methyl sites for hydroxylation is 1. The molecule has 0 heterocycles. The Labute approximate surface area is 161 Å². The first kappa shape index (κ1) is 19.1. The number of aliphatic carboxylic acids is 1. The third-order valence-corrected chi connectivity index (χ3v) is 3.92. The molecule has 0 saturated carbocycles. The molecule has 0 aromatic heterocycles. The summed E-state index contributed by atoms with van der Waals surface area (Å²) in [5, 5.41) is 9.34. The molecule has 0 atom stereocenters. The average molecular weight is 343 g/mol. The number of nitrogens with two attached hydrogens (primary N) is 1. The first-order valence-corrected chi connectivity index (χ1v) is 7.08. The van der Waals surface area contributed by atoms with E-state index >= 15 is 0 Å². The number of halogens is 1. The number of carboxylic acids is 1. The maximum Gasteiger partial charge on any atom is 0.307 e. The topological polar surface area (TPSA) is 63.3 Å². The van der Waals surface area contributed by atoms with Gasteiger partial charge in [-0.3, -0.25) is 4.79 Å². The van der Waals surface area contributed by atoms with Crippen molar-refractivity contribution >= 4 is 69.9 Å². The Morgan fingerprint density at radius 2 is 1.82 bits per heavy atom. The third kappa shape index (κ3) is 4.31. The molecule has 109 valence electrons. The number of hydrogen-bond acceptors (Lipinski definition) is 3. The van der Waals surface area contributed by atoms with Gasteiger partial charge >= 0.3 is 5.97 Å². The van der Waals surface area contributed by atoms with E-state index in [4.69, 9.17) is 34.7 Å². The van der Waals surface area contributed by atoms with Gasteiger partial charge in [0, 0.05) is 40.8 Å². The molecule has 0 unspecified atom stereocenters. The van der Waals surface area contributed by atoms with E-state index in [1.807, 2.05) is 31.2 Å². The monoisotopic (exact) mass is 342 g/mol. The standard InChI is InChI=1S/C16H14ClNO2S.Na/c1-9-2-4-10(5-3-9)16(21)14-12(17)7-6-11(15(14)18)8-13(19)20;/h2-7H,8,18H2,1H3,(H,19,20);. The van der Waals surface area contributed by atoms with Crippen molar-refractivity contribution in [2.24, 2.45) is 0 Å². The number of carboxylic acid groups (broad SMARTS) is 1. The predicted octanol–water partition coefficient (Wildman–Crippen LogP) is 3.24. The van der Waals surface area contributed by atoms with Crippen LogP contribution in [0.25, 0.3) is 0 Å². The van der Waals surface area contributed by atoms with Crippen LogP contribution in [0, 0.1) is 6.92 Å². The van der Waals surface area contributed by atoms with Crippen LogP contribution in [0.15, 0.2) is 36.4 Å². The fourth-order valence-electron chi connectivity index (χ4n) is 2.03. The number of thiocarbonyl (C=S) groups is 1. The van der Waals surface area contributed by atoms with Crippen LogP contribution >= 0.6 is 23.8 Å². The summed E-state index contributed by atoms with van der Waals surface area (Å²) in [4.78, 5) is 11.4. The summed E-state index contributed by atoms with van der Waals surface area (Å²) in [5.41, 5.74) is 9.38. The number of carbonyl (C=O) groups is 1. The number of hydrogen-bond donors (Lipinski definition) is 2. The molecule has 0 aliphatic carbocycles. The van der Waals surface area contributed by atoms with Crippen molar-refractivity contribution < 1.29 is 9.90 Å². The van der Waals surface area contributed by atoms with Gasteiger partial charge in [-0.2, -0.15) is 0 Å². The summed E-state index contributed by atoms with van der Waals surface area (Å²) >= 11 is 11.7. The van der Waals surface area contributed by atoms with Crippen molar-refractivity contribution in [1.82, 2.24) is 0 Å². The molecule has 1 radical (unpaired) electrons. The van der Waals surface area contributed by atoms with Gasteiger partial charge in [0.2, 0.25) is 0 Å². The van der Waals surface area contributed by atoms with Crippen molar-refractivity contribution in [2.75, 3.05) is 5.73 Å². The minimum Gasteiger partial charge on any atom is -0.481 e. The minimum atomic E-state index is -0.948. The van der Waals surface area contributed by atoms with Crippen LogP contribution < -0.4 is 5.73 Å². The molecule has 0 saturated heterocycles. The molecular weight excluding hydrogens is 329 g/mol. The Hall–Kier alpha value is -0.910. The molecule has 22 heavy (non-hydrogen) atoms. The summed E-state index contributed by atoms with van der Waals surface area (Å²) in [6, 6.07) is 11.0. The SMILES string of the molecule is Cc1ccc(C(=S)c2c(Cl)ccc(CC(=O)O)c2N)cc1.[Na]. The number of nitrogen functional groups attached to an aromatic ring is 1. The first-order valence-electron chi connectivity index (χ1n) is 6.30. The molecule has 0 bridgehead atoms. The van der Waals surface area contributed by atoms with Gasteiger partial charge in [0.15, 0.2) is 0 Å². The van der Waals surface area contributed by atoms with E-state index in [2.05, 4.69) is 0 Å². The quantitative estimate of drug-likeness (QED) is 0.387. The van der Waals surface area contributed by atoms with E-state index < -0.39 is 5.97 Å². The van der Waals surface area contributed by atoms with E-state index in [1.54, 1.807) is 12.1 Å². The minimum absolute atomic E-state index is 0. The van der Waals surface area contributed by atoms with Crippen LogP contribution in [-0.4, -0.2) is 45.5 Å². The second-order valence-corrected chi connectivity index (χ2v) is 5.58. The van der Waals surface area contributed by atoms with Crippen molar-refractivity contribution in [3.05, 3.63) is 63.7 Å². The third-order valence-electron chi connectivity index (χ3n) is 3.17. The molecule has 3 nitrogen and oxygen atoms in total. The van der Waals surface area contributed by atoms with Crippen LogP contribution in [-0.2, 0) is 11.2 Å². The normalized spacial score (nSPS) is 9.91. The first-order chi connectivity index (χ1) is 9.90. The molecule has 2 rings (SSSR count). The van der Waals surface area contributed by atoms with Crippen molar-refractivity contribution in [3.8, 4) is 0 Å². The van der Waals surface area contributed by atoms with Crippen LogP contribution in [0.1, 0.15) is 22.3 Å². The van der Waals surface area contributed by atoms with Crippen molar-refractivity contribution in [1.29, 1.82) is 0 Å². The Kier molecular flexibility index (Phi) is 7.03. The Balaban J connectivity index is 0.00000242. The zero-order chi connectivity index (χ0) is 15.6.